The van der Waals surface area contributed by atoms with Crippen LogP contribution in [0.2, 0.25) is 0 Å². The predicted molar refractivity (Wildman–Crippen MR) is 116 cm³/mol. The van der Waals surface area contributed by atoms with Crippen LogP contribution in [0.25, 0.3) is 0 Å². The van der Waals surface area contributed by atoms with Crippen LogP contribution in [-0.2, 0) is 0 Å². The van der Waals surface area contributed by atoms with Gasteiger partial charge in [-0.2, -0.15) is 0 Å². The second-order valence-corrected chi connectivity index (χ2v) is 10.4. The molecule has 4 fully saturated rings. The minimum Gasteiger partial charge on any atom is -0.331 e. The lowest BCUT2D eigenvalue weighted by molar-refractivity contribution is -0.0129. The first kappa shape index (κ1) is 19.2. The van der Waals surface area contributed by atoms with E-state index in [0.717, 1.165) is 42.7 Å². The third-order valence-corrected chi connectivity index (χ3v) is 7.54. The van der Waals surface area contributed by atoms with Crippen molar-refractivity contribution in [2.45, 2.75) is 83.6 Å². The Labute approximate surface area is 169 Å². The number of urea groups is 1. The highest BCUT2D eigenvalue weighted by Gasteiger charge is 2.51. The van der Waals surface area contributed by atoms with Gasteiger partial charge in [-0.25, -0.2) is 9.10 Å². The predicted octanol–water partition coefficient (Wildman–Crippen LogP) is 6.26. The van der Waals surface area contributed by atoms with Gasteiger partial charge in [-0.3, -0.25) is 0 Å². The summed E-state index contributed by atoms with van der Waals surface area (Å²) in [4.78, 5) is 13.3. The Kier molecular flexibility index (Phi) is 4.99. The average Bonchev–Trinajstić information content (AvgIpc) is 2.58. The SMILES string of the molecule is CC(C)c1cccc(C(C)C)c1N(S)C(=O)NC12CC3CC(CC(C3)C1)C2. The summed E-state index contributed by atoms with van der Waals surface area (Å²) in [7, 11) is 0. The van der Waals surface area contributed by atoms with Crippen LogP contribution in [-0.4, -0.2) is 11.6 Å². The number of nitrogens with one attached hydrogen (secondary N) is 1. The third-order valence-electron chi connectivity index (χ3n) is 7.16. The summed E-state index contributed by atoms with van der Waals surface area (Å²) in [6, 6.07) is 6.32. The maximum absolute atomic E-state index is 13.3. The molecule has 4 aliphatic rings. The Hall–Kier alpha value is -1.16. The first-order valence-electron chi connectivity index (χ1n) is 10.7. The van der Waals surface area contributed by atoms with Crippen molar-refractivity contribution in [3.05, 3.63) is 29.3 Å². The van der Waals surface area contributed by atoms with E-state index in [2.05, 4.69) is 51.2 Å². The summed E-state index contributed by atoms with van der Waals surface area (Å²) in [5, 5.41) is 3.47. The molecule has 27 heavy (non-hydrogen) atoms. The highest BCUT2D eigenvalue weighted by atomic mass is 32.1. The summed E-state index contributed by atoms with van der Waals surface area (Å²) < 4.78 is 1.60. The quantitative estimate of drug-likeness (QED) is 0.588. The summed E-state index contributed by atoms with van der Waals surface area (Å²) in [6.07, 6.45) is 7.63. The summed E-state index contributed by atoms with van der Waals surface area (Å²) >= 11 is 4.71. The van der Waals surface area contributed by atoms with Crippen LogP contribution in [0.1, 0.15) is 89.2 Å². The van der Waals surface area contributed by atoms with Crippen LogP contribution in [0.3, 0.4) is 0 Å². The van der Waals surface area contributed by atoms with Crippen molar-refractivity contribution in [3.63, 3.8) is 0 Å². The number of carbonyl (C=O) groups excluding carboxylic acids is 1. The minimum atomic E-state index is -0.0460. The average molecular weight is 387 g/mol. The fourth-order valence-corrected chi connectivity index (χ4v) is 6.68. The maximum atomic E-state index is 13.3. The fourth-order valence-electron chi connectivity index (χ4n) is 6.40. The highest BCUT2D eigenvalue weighted by Crippen LogP contribution is 2.55. The van der Waals surface area contributed by atoms with Gasteiger partial charge in [-0.15, -0.1) is 0 Å². The van der Waals surface area contributed by atoms with E-state index < -0.39 is 0 Å². The number of nitrogens with zero attached hydrogens (tertiary/aromatic N) is 1. The first-order chi connectivity index (χ1) is 12.8. The van der Waals surface area contributed by atoms with E-state index in [0.29, 0.717) is 11.8 Å². The molecule has 4 aliphatic carbocycles. The molecule has 0 unspecified atom stereocenters. The van der Waals surface area contributed by atoms with Crippen molar-refractivity contribution in [1.29, 1.82) is 0 Å². The molecule has 0 atom stereocenters. The Morgan fingerprint density at radius 1 is 1.00 bits per heavy atom. The maximum Gasteiger partial charge on any atom is 0.332 e. The number of anilines is 1. The normalized spacial score (nSPS) is 31.6. The summed E-state index contributed by atoms with van der Waals surface area (Å²) in [5.41, 5.74) is 3.37. The second kappa shape index (κ2) is 7.02. The molecule has 0 heterocycles. The monoisotopic (exact) mass is 386 g/mol. The van der Waals surface area contributed by atoms with Crippen LogP contribution >= 0.6 is 12.8 Å². The molecule has 0 radical (unpaired) electrons. The van der Waals surface area contributed by atoms with Crippen molar-refractivity contribution in [2.24, 2.45) is 17.8 Å². The van der Waals surface area contributed by atoms with Crippen molar-refractivity contribution in [1.82, 2.24) is 5.32 Å². The van der Waals surface area contributed by atoms with Gasteiger partial charge in [0.25, 0.3) is 0 Å². The molecule has 4 saturated carbocycles. The van der Waals surface area contributed by atoms with Gasteiger partial charge in [0.2, 0.25) is 0 Å². The summed E-state index contributed by atoms with van der Waals surface area (Å²) in [5.74, 6) is 3.15. The lowest BCUT2D eigenvalue weighted by Gasteiger charge is -2.57. The molecule has 0 aromatic heterocycles. The molecule has 1 aromatic rings. The van der Waals surface area contributed by atoms with Gasteiger partial charge in [0, 0.05) is 5.54 Å². The van der Waals surface area contributed by atoms with E-state index in [1.165, 1.54) is 30.4 Å². The van der Waals surface area contributed by atoms with Gasteiger partial charge in [0.1, 0.15) is 0 Å². The van der Waals surface area contributed by atoms with Gasteiger partial charge in [-0.05, 0) is 79.2 Å². The standard InChI is InChI=1S/C23H34N2OS/c1-14(2)19-6-5-7-20(15(3)4)21(19)25(27)22(26)24-23-11-16-8-17(12-23)10-18(9-16)13-23/h5-7,14-18,27H,8-13H2,1-4H3,(H,24,26). The number of thiol groups is 1. The zero-order chi connectivity index (χ0) is 19.3. The van der Waals surface area contributed by atoms with Crippen LogP contribution in [0.15, 0.2) is 18.2 Å². The van der Waals surface area contributed by atoms with E-state index in [1.807, 2.05) is 0 Å². The molecular weight excluding hydrogens is 352 g/mol. The fraction of sp³-hybridized carbons (Fsp3) is 0.696. The zero-order valence-corrected chi connectivity index (χ0v) is 18.1. The number of rotatable bonds is 4. The zero-order valence-electron chi connectivity index (χ0n) is 17.2. The lowest BCUT2D eigenvalue weighted by Crippen LogP contribution is -2.61. The number of amides is 2. The van der Waals surface area contributed by atoms with Crippen molar-refractivity contribution in [3.8, 4) is 0 Å². The minimum absolute atomic E-state index is 0.0115. The second-order valence-electron chi connectivity index (χ2n) is 10.0. The molecule has 4 bridgehead atoms. The van der Waals surface area contributed by atoms with Crippen molar-refractivity contribution in [2.75, 3.05) is 4.31 Å². The smallest absolute Gasteiger partial charge is 0.331 e. The molecule has 1 aromatic carbocycles. The Morgan fingerprint density at radius 3 is 1.85 bits per heavy atom. The van der Waals surface area contributed by atoms with Gasteiger partial charge in [0.05, 0.1) is 5.69 Å². The summed E-state index contributed by atoms with van der Waals surface area (Å²) in [6.45, 7) is 8.73. The van der Waals surface area contributed by atoms with Gasteiger partial charge in [-0.1, -0.05) is 58.7 Å². The van der Waals surface area contributed by atoms with E-state index in [4.69, 9.17) is 12.8 Å². The molecule has 148 valence electrons. The molecule has 4 heteroatoms. The van der Waals surface area contributed by atoms with E-state index in [1.54, 1.807) is 4.31 Å². The van der Waals surface area contributed by atoms with Crippen LogP contribution in [0.5, 0.6) is 0 Å². The number of hydrogen-bond acceptors (Lipinski definition) is 2. The Morgan fingerprint density at radius 2 is 1.44 bits per heavy atom. The lowest BCUT2D eigenvalue weighted by atomic mass is 9.53. The highest BCUT2D eigenvalue weighted by molar-refractivity contribution is 7.82. The Bertz CT molecular complexity index is 666. The number of para-hydroxylation sites is 1. The van der Waals surface area contributed by atoms with Crippen LogP contribution < -0.4 is 9.62 Å². The van der Waals surface area contributed by atoms with Crippen LogP contribution in [0.4, 0.5) is 10.5 Å². The van der Waals surface area contributed by atoms with E-state index in [9.17, 15) is 4.79 Å². The molecule has 1 N–H and O–H groups in total. The van der Waals surface area contributed by atoms with Crippen molar-refractivity contribution >= 4 is 24.5 Å². The number of carbonyl (C=O) groups is 1. The molecule has 3 nitrogen and oxygen atoms in total. The first-order valence-corrected chi connectivity index (χ1v) is 11.1. The topological polar surface area (TPSA) is 32.3 Å². The van der Waals surface area contributed by atoms with Gasteiger partial charge >= 0.3 is 6.03 Å². The van der Waals surface area contributed by atoms with E-state index >= 15 is 0 Å². The Balaban J connectivity index is 1.60. The number of benzene rings is 1. The van der Waals surface area contributed by atoms with Crippen LogP contribution in [0, 0.1) is 17.8 Å². The molecule has 0 saturated heterocycles. The largest absolute Gasteiger partial charge is 0.332 e. The van der Waals surface area contributed by atoms with Gasteiger partial charge in [0.15, 0.2) is 0 Å². The van der Waals surface area contributed by atoms with Gasteiger partial charge < -0.3 is 5.32 Å². The van der Waals surface area contributed by atoms with E-state index in [-0.39, 0.29) is 11.6 Å². The molecule has 2 amide bonds. The molecule has 0 aliphatic heterocycles. The third kappa shape index (κ3) is 3.50. The van der Waals surface area contributed by atoms with Crippen molar-refractivity contribution < 1.29 is 4.79 Å². The molecule has 0 spiro atoms. The molecular formula is C23H34N2OS. The molecule has 5 rings (SSSR count). The number of hydrogen-bond donors (Lipinski definition) is 2.